The number of carbonyl (C=O) groups is 1. The molecule has 3 N–H and O–H groups in total. The predicted molar refractivity (Wildman–Crippen MR) is 146 cm³/mol. The Labute approximate surface area is 225 Å². The van der Waals surface area contributed by atoms with Gasteiger partial charge in [-0.3, -0.25) is 4.79 Å². The molecule has 0 aromatic heterocycles. The Morgan fingerprint density at radius 3 is 2.24 bits per heavy atom. The van der Waals surface area contributed by atoms with Crippen LogP contribution in [0.15, 0.2) is 42.5 Å². The molecule has 2 unspecified atom stereocenters. The van der Waals surface area contributed by atoms with Crippen LogP contribution in [0.4, 0.5) is 8.78 Å². The van der Waals surface area contributed by atoms with E-state index >= 15 is 0 Å². The van der Waals surface area contributed by atoms with Crippen molar-refractivity contribution in [2.75, 3.05) is 12.8 Å². The average molecular weight is 551 g/mol. The van der Waals surface area contributed by atoms with E-state index in [2.05, 4.69) is 43.5 Å². The van der Waals surface area contributed by atoms with Crippen molar-refractivity contribution >= 4 is 15.7 Å². The van der Waals surface area contributed by atoms with Crippen LogP contribution in [-0.2, 0) is 32.0 Å². The van der Waals surface area contributed by atoms with Gasteiger partial charge in [-0.15, -0.1) is 0 Å². The fraction of sp³-hybridized carbons (Fsp3) is 0.552. The van der Waals surface area contributed by atoms with Gasteiger partial charge in [0, 0.05) is 31.3 Å². The van der Waals surface area contributed by atoms with Crippen molar-refractivity contribution in [1.82, 2.24) is 10.6 Å². The summed E-state index contributed by atoms with van der Waals surface area (Å²) in [5, 5.41) is 17.0. The zero-order valence-electron chi connectivity index (χ0n) is 22.9. The molecule has 210 valence electrons. The highest BCUT2D eigenvalue weighted by molar-refractivity contribution is 7.91. The molecule has 1 saturated carbocycles. The van der Waals surface area contributed by atoms with Gasteiger partial charge in [0.2, 0.25) is 5.91 Å². The van der Waals surface area contributed by atoms with Gasteiger partial charge in [-0.2, -0.15) is 0 Å². The van der Waals surface area contributed by atoms with Gasteiger partial charge in [0.25, 0.3) is 0 Å². The molecule has 9 heteroatoms. The van der Waals surface area contributed by atoms with Gasteiger partial charge in [-0.1, -0.05) is 45.0 Å². The molecule has 0 heterocycles. The van der Waals surface area contributed by atoms with E-state index in [1.807, 2.05) is 12.1 Å². The summed E-state index contributed by atoms with van der Waals surface area (Å²) >= 11 is 0. The molecule has 0 bridgehead atoms. The van der Waals surface area contributed by atoms with Crippen molar-refractivity contribution in [3.8, 4) is 0 Å². The summed E-state index contributed by atoms with van der Waals surface area (Å²) in [6, 6.07) is 10.6. The Hall–Kier alpha value is -2.36. The molecule has 3 rings (SSSR count). The number of aliphatic hydroxyl groups is 1. The summed E-state index contributed by atoms with van der Waals surface area (Å²) in [5.41, 5.74) is 1.83. The second kappa shape index (κ2) is 11.8. The van der Waals surface area contributed by atoms with Gasteiger partial charge >= 0.3 is 0 Å². The lowest BCUT2D eigenvalue weighted by Crippen LogP contribution is -2.54. The van der Waals surface area contributed by atoms with Gasteiger partial charge in [0.05, 0.1) is 17.4 Å². The van der Waals surface area contributed by atoms with Crippen molar-refractivity contribution < 1.29 is 27.1 Å². The maximum Gasteiger partial charge on any atom is 0.217 e. The first-order valence-corrected chi connectivity index (χ1v) is 15.0. The fourth-order valence-electron chi connectivity index (χ4n) is 5.33. The highest BCUT2D eigenvalue weighted by Crippen LogP contribution is 2.40. The van der Waals surface area contributed by atoms with E-state index in [1.54, 1.807) is 0 Å². The molecule has 6 nitrogen and oxygen atoms in total. The van der Waals surface area contributed by atoms with E-state index in [0.29, 0.717) is 31.2 Å². The molecule has 1 fully saturated rings. The first-order chi connectivity index (χ1) is 17.6. The molecule has 1 aliphatic carbocycles. The molecule has 0 spiro atoms. The highest BCUT2D eigenvalue weighted by Gasteiger charge is 2.40. The van der Waals surface area contributed by atoms with Crippen LogP contribution in [0.25, 0.3) is 0 Å². The van der Waals surface area contributed by atoms with E-state index in [0.717, 1.165) is 17.2 Å². The largest absolute Gasteiger partial charge is 0.390 e. The molecular weight excluding hydrogens is 510 g/mol. The maximum atomic E-state index is 13.8. The molecular formula is C29H40F2N2O4S. The Balaban J connectivity index is 1.87. The molecule has 1 amide bonds. The van der Waals surface area contributed by atoms with Crippen molar-refractivity contribution in [2.24, 2.45) is 0 Å². The van der Waals surface area contributed by atoms with E-state index in [4.69, 9.17) is 0 Å². The standard InChI is InChI=1S/C29H40F2N2O4S/c1-19(34)33-26(15-20-13-23(30)17-24(31)14-20)27(35)18-32-29(11-9-25(10-12-29)38(5,36)37)22-8-6-7-21(16-22)28(2,3)4/h6-8,13-14,16-17,25-27,32,35H,9-12,15,18H2,1-5H3,(H,33,34). The summed E-state index contributed by atoms with van der Waals surface area (Å²) in [6.45, 7) is 7.80. The minimum atomic E-state index is -3.18. The lowest BCUT2D eigenvalue weighted by molar-refractivity contribution is -0.120. The molecule has 1 aliphatic rings. The van der Waals surface area contributed by atoms with Gasteiger partial charge in [0.1, 0.15) is 21.5 Å². The number of carbonyl (C=O) groups excluding carboxylic acids is 1. The summed E-state index contributed by atoms with van der Waals surface area (Å²) in [7, 11) is -3.18. The van der Waals surface area contributed by atoms with Gasteiger partial charge < -0.3 is 15.7 Å². The third kappa shape index (κ3) is 7.83. The third-order valence-electron chi connectivity index (χ3n) is 7.55. The first-order valence-electron chi connectivity index (χ1n) is 13.0. The number of nitrogens with one attached hydrogen (secondary N) is 2. The van der Waals surface area contributed by atoms with Crippen LogP contribution in [0.5, 0.6) is 0 Å². The Bertz CT molecular complexity index is 1220. The van der Waals surface area contributed by atoms with E-state index in [1.165, 1.54) is 25.3 Å². The average Bonchev–Trinajstić information content (AvgIpc) is 2.80. The third-order valence-corrected chi connectivity index (χ3v) is 9.24. The monoisotopic (exact) mass is 550 g/mol. The quantitative estimate of drug-likeness (QED) is 0.436. The summed E-state index contributed by atoms with van der Waals surface area (Å²) in [4.78, 5) is 11.9. The van der Waals surface area contributed by atoms with Crippen LogP contribution in [0.3, 0.4) is 0 Å². The lowest BCUT2D eigenvalue weighted by atomic mass is 9.74. The molecule has 2 aromatic carbocycles. The number of amides is 1. The van der Waals surface area contributed by atoms with Crippen LogP contribution in [0.2, 0.25) is 0 Å². The lowest BCUT2D eigenvalue weighted by Gasteiger charge is -2.42. The Morgan fingerprint density at radius 2 is 1.71 bits per heavy atom. The second-order valence-corrected chi connectivity index (χ2v) is 14.0. The van der Waals surface area contributed by atoms with Crippen LogP contribution >= 0.6 is 0 Å². The number of hydrogen-bond donors (Lipinski definition) is 3. The number of halogens is 2. The summed E-state index contributed by atoms with van der Waals surface area (Å²) in [6.07, 6.45) is 2.34. The smallest absolute Gasteiger partial charge is 0.217 e. The maximum absolute atomic E-state index is 13.8. The van der Waals surface area contributed by atoms with E-state index in [9.17, 15) is 27.1 Å². The van der Waals surface area contributed by atoms with Crippen LogP contribution in [0, 0.1) is 11.6 Å². The minimum absolute atomic E-state index is 0.0414. The SMILES string of the molecule is CC(=O)NC(Cc1cc(F)cc(F)c1)C(O)CNC1(c2cccc(C(C)(C)C)c2)CCC(S(C)(=O)=O)CC1. The van der Waals surface area contributed by atoms with E-state index < -0.39 is 44.4 Å². The number of rotatable bonds is 9. The zero-order valence-corrected chi connectivity index (χ0v) is 23.7. The first kappa shape index (κ1) is 30.2. The highest BCUT2D eigenvalue weighted by atomic mass is 32.2. The zero-order chi connectivity index (χ0) is 28.3. The molecule has 2 aromatic rings. The summed E-state index contributed by atoms with van der Waals surface area (Å²) in [5.74, 6) is -1.82. The predicted octanol–water partition coefficient (Wildman–Crippen LogP) is 4.14. The molecule has 38 heavy (non-hydrogen) atoms. The van der Waals surface area contributed by atoms with Gasteiger partial charge in [-0.05, 0) is 66.3 Å². The molecule has 0 saturated heterocycles. The van der Waals surface area contributed by atoms with E-state index in [-0.39, 0.29) is 24.3 Å². The molecule has 0 radical (unpaired) electrons. The van der Waals surface area contributed by atoms with Crippen molar-refractivity contribution in [3.05, 3.63) is 70.8 Å². The molecule has 2 atom stereocenters. The van der Waals surface area contributed by atoms with Crippen LogP contribution in [0.1, 0.15) is 70.1 Å². The van der Waals surface area contributed by atoms with Gasteiger partial charge in [-0.25, -0.2) is 17.2 Å². The van der Waals surface area contributed by atoms with Crippen molar-refractivity contribution in [2.45, 2.75) is 88.1 Å². The van der Waals surface area contributed by atoms with Crippen LogP contribution in [-0.4, -0.2) is 49.6 Å². The fourth-order valence-corrected chi connectivity index (χ4v) is 6.42. The number of sulfone groups is 1. The number of hydrogen-bond acceptors (Lipinski definition) is 5. The topological polar surface area (TPSA) is 95.5 Å². The normalized spacial score (nSPS) is 22.1. The van der Waals surface area contributed by atoms with Crippen molar-refractivity contribution in [3.63, 3.8) is 0 Å². The number of aliphatic hydroxyl groups excluding tert-OH is 1. The van der Waals surface area contributed by atoms with Crippen molar-refractivity contribution in [1.29, 1.82) is 0 Å². The Kier molecular flexibility index (Phi) is 9.37. The molecule has 0 aliphatic heterocycles. The van der Waals surface area contributed by atoms with Crippen LogP contribution < -0.4 is 10.6 Å². The number of benzene rings is 2. The van der Waals surface area contributed by atoms with Gasteiger partial charge in [0.15, 0.2) is 0 Å². The Morgan fingerprint density at radius 1 is 1.11 bits per heavy atom. The minimum Gasteiger partial charge on any atom is -0.390 e. The summed E-state index contributed by atoms with van der Waals surface area (Å²) < 4.78 is 52.0. The second-order valence-electron chi connectivity index (χ2n) is 11.7.